The second kappa shape index (κ2) is 6.01. The van der Waals surface area contributed by atoms with Gasteiger partial charge in [-0.25, -0.2) is 0 Å². The number of hydrogen-bond acceptors (Lipinski definition) is 4. The van der Waals surface area contributed by atoms with Crippen molar-refractivity contribution in [2.75, 3.05) is 40.4 Å². The number of methoxy groups -OCH3 is 1. The van der Waals surface area contributed by atoms with Crippen molar-refractivity contribution in [3.8, 4) is 0 Å². The molecule has 1 spiro atoms. The van der Waals surface area contributed by atoms with Crippen LogP contribution in [0.5, 0.6) is 0 Å². The smallest absolute Gasteiger partial charge is 0.272 e. The van der Waals surface area contributed by atoms with Gasteiger partial charge in [0, 0.05) is 46.0 Å². The molecule has 3 rings (SSSR count). The lowest BCUT2D eigenvalue weighted by Crippen LogP contribution is -2.44. The molecule has 1 aromatic heterocycles. The zero-order chi connectivity index (χ0) is 15.7. The van der Waals surface area contributed by atoms with Gasteiger partial charge in [-0.1, -0.05) is 0 Å². The van der Waals surface area contributed by atoms with Crippen LogP contribution in [0.3, 0.4) is 0 Å². The average molecular weight is 306 g/mol. The van der Waals surface area contributed by atoms with Gasteiger partial charge >= 0.3 is 0 Å². The number of carbonyl (C=O) groups excluding carboxylic acids is 1. The number of carbonyl (C=O) groups is 1. The maximum atomic E-state index is 12.6. The van der Waals surface area contributed by atoms with E-state index >= 15 is 0 Å². The first-order chi connectivity index (χ1) is 10.5. The van der Waals surface area contributed by atoms with Crippen molar-refractivity contribution in [3.05, 3.63) is 18.0 Å². The molecule has 2 aliphatic rings. The predicted molar refractivity (Wildman–Crippen MR) is 83.7 cm³/mol. The van der Waals surface area contributed by atoms with Gasteiger partial charge < -0.3 is 14.5 Å². The Bertz CT molecular complexity index is 534. The van der Waals surface area contributed by atoms with Crippen molar-refractivity contribution >= 4 is 5.91 Å². The van der Waals surface area contributed by atoms with Crippen LogP contribution in [-0.2, 0) is 11.8 Å². The third-order valence-corrected chi connectivity index (χ3v) is 5.39. The third-order valence-electron chi connectivity index (χ3n) is 5.39. The van der Waals surface area contributed by atoms with Crippen molar-refractivity contribution in [2.45, 2.75) is 25.3 Å². The molecule has 0 saturated carbocycles. The molecule has 6 heteroatoms. The minimum Gasteiger partial charge on any atom is -0.383 e. The number of likely N-dealkylation sites (N-methyl/N-ethyl adjacent to an activating group) is 1. The highest BCUT2D eigenvalue weighted by molar-refractivity contribution is 5.92. The van der Waals surface area contributed by atoms with Crippen molar-refractivity contribution < 1.29 is 9.53 Å². The summed E-state index contributed by atoms with van der Waals surface area (Å²) in [6.45, 7) is 3.61. The minimum absolute atomic E-state index is 0.106. The van der Waals surface area contributed by atoms with Gasteiger partial charge in [0.2, 0.25) is 0 Å². The van der Waals surface area contributed by atoms with Gasteiger partial charge in [0.1, 0.15) is 5.69 Å². The monoisotopic (exact) mass is 306 g/mol. The number of amides is 1. The first-order valence-electron chi connectivity index (χ1n) is 8.01. The molecule has 1 aromatic rings. The van der Waals surface area contributed by atoms with E-state index in [0.717, 1.165) is 39.1 Å². The maximum absolute atomic E-state index is 12.6. The second-order valence-electron chi connectivity index (χ2n) is 6.86. The van der Waals surface area contributed by atoms with E-state index in [1.165, 1.54) is 6.42 Å². The van der Waals surface area contributed by atoms with Crippen LogP contribution >= 0.6 is 0 Å². The molecule has 2 saturated heterocycles. The van der Waals surface area contributed by atoms with Gasteiger partial charge in [-0.15, -0.1) is 0 Å². The van der Waals surface area contributed by atoms with Crippen LogP contribution in [-0.4, -0.2) is 71.9 Å². The Hall–Kier alpha value is -1.40. The van der Waals surface area contributed by atoms with E-state index in [1.54, 1.807) is 24.1 Å². The molecule has 22 heavy (non-hydrogen) atoms. The normalized spacial score (nSPS) is 25.0. The molecule has 0 bridgehead atoms. The summed E-state index contributed by atoms with van der Waals surface area (Å²) in [6.07, 6.45) is 5.04. The quantitative estimate of drug-likeness (QED) is 0.836. The van der Waals surface area contributed by atoms with Gasteiger partial charge in [-0.3, -0.25) is 9.48 Å². The van der Waals surface area contributed by atoms with E-state index in [9.17, 15) is 4.79 Å². The molecule has 122 valence electrons. The SMILES string of the molecule is COC[C@@H]1CC2(CCN(C(=O)c3ccnn3C)CC2)CN1C. The summed E-state index contributed by atoms with van der Waals surface area (Å²) in [6, 6.07) is 2.31. The molecule has 2 aliphatic heterocycles. The Kier molecular flexibility index (Phi) is 4.23. The summed E-state index contributed by atoms with van der Waals surface area (Å²) >= 11 is 0. The highest BCUT2D eigenvalue weighted by Crippen LogP contribution is 2.42. The molecular formula is C16H26N4O2. The fourth-order valence-electron chi connectivity index (χ4n) is 4.05. The number of ether oxygens (including phenoxy) is 1. The van der Waals surface area contributed by atoms with Crippen LogP contribution < -0.4 is 0 Å². The molecular weight excluding hydrogens is 280 g/mol. The van der Waals surface area contributed by atoms with Gasteiger partial charge in [-0.05, 0) is 37.8 Å². The van der Waals surface area contributed by atoms with Crippen molar-refractivity contribution in [1.82, 2.24) is 19.6 Å². The zero-order valence-electron chi connectivity index (χ0n) is 13.8. The fourth-order valence-corrected chi connectivity index (χ4v) is 4.05. The third kappa shape index (κ3) is 2.77. The number of aromatic nitrogens is 2. The Morgan fingerprint density at radius 1 is 1.41 bits per heavy atom. The number of likely N-dealkylation sites (tertiary alicyclic amines) is 2. The predicted octanol–water partition coefficient (Wildman–Crippen LogP) is 0.993. The highest BCUT2D eigenvalue weighted by atomic mass is 16.5. The number of rotatable bonds is 3. The minimum atomic E-state index is 0.106. The number of nitrogens with zero attached hydrogens (tertiary/aromatic N) is 4. The fraction of sp³-hybridized carbons (Fsp3) is 0.750. The van der Waals surface area contributed by atoms with E-state index in [0.29, 0.717) is 17.2 Å². The van der Waals surface area contributed by atoms with Gasteiger partial charge in [0.05, 0.1) is 6.61 Å². The van der Waals surface area contributed by atoms with Crippen LogP contribution in [0.15, 0.2) is 12.3 Å². The summed E-state index contributed by atoms with van der Waals surface area (Å²) in [4.78, 5) is 16.9. The summed E-state index contributed by atoms with van der Waals surface area (Å²) in [7, 11) is 5.78. The van der Waals surface area contributed by atoms with Crippen molar-refractivity contribution in [3.63, 3.8) is 0 Å². The lowest BCUT2D eigenvalue weighted by atomic mass is 9.76. The molecule has 1 amide bonds. The summed E-state index contributed by atoms with van der Waals surface area (Å²) in [5.41, 5.74) is 1.04. The Labute approximate surface area is 132 Å². The van der Waals surface area contributed by atoms with Crippen molar-refractivity contribution in [2.24, 2.45) is 12.5 Å². The average Bonchev–Trinajstić information content (AvgIpc) is 3.04. The first kappa shape index (κ1) is 15.5. The number of aryl methyl sites for hydroxylation is 1. The Morgan fingerprint density at radius 2 is 2.14 bits per heavy atom. The standard InChI is InChI=1S/C16H26N4O2/c1-18-12-16(10-13(18)11-22-3)5-8-20(9-6-16)15(21)14-4-7-17-19(14)2/h4,7,13H,5-6,8-12H2,1-3H3/t13-/m0/s1. The molecule has 1 atom stereocenters. The summed E-state index contributed by atoms with van der Waals surface area (Å²) < 4.78 is 6.99. The second-order valence-corrected chi connectivity index (χ2v) is 6.86. The molecule has 3 heterocycles. The molecule has 2 fully saturated rings. The van der Waals surface area contributed by atoms with Crippen LogP contribution in [0.25, 0.3) is 0 Å². The molecule has 0 aromatic carbocycles. The molecule has 0 radical (unpaired) electrons. The first-order valence-corrected chi connectivity index (χ1v) is 8.01. The zero-order valence-corrected chi connectivity index (χ0v) is 13.8. The summed E-state index contributed by atoms with van der Waals surface area (Å²) in [5, 5.41) is 4.09. The number of piperidine rings is 1. The largest absolute Gasteiger partial charge is 0.383 e. The van der Waals surface area contributed by atoms with Crippen LogP contribution in [0.2, 0.25) is 0 Å². The van der Waals surface area contributed by atoms with Crippen LogP contribution in [0, 0.1) is 5.41 Å². The Balaban J connectivity index is 1.61. The van der Waals surface area contributed by atoms with E-state index in [4.69, 9.17) is 4.74 Å². The molecule has 6 nitrogen and oxygen atoms in total. The molecule has 0 unspecified atom stereocenters. The van der Waals surface area contributed by atoms with E-state index in [-0.39, 0.29) is 5.91 Å². The van der Waals surface area contributed by atoms with Crippen LogP contribution in [0.1, 0.15) is 29.8 Å². The molecule has 0 N–H and O–H groups in total. The summed E-state index contributed by atoms with van der Waals surface area (Å²) in [5.74, 6) is 0.106. The van der Waals surface area contributed by atoms with E-state index < -0.39 is 0 Å². The maximum Gasteiger partial charge on any atom is 0.272 e. The Morgan fingerprint density at radius 3 is 2.73 bits per heavy atom. The van der Waals surface area contributed by atoms with Crippen LogP contribution in [0.4, 0.5) is 0 Å². The van der Waals surface area contributed by atoms with Gasteiger partial charge in [0.25, 0.3) is 5.91 Å². The van der Waals surface area contributed by atoms with Gasteiger partial charge in [-0.2, -0.15) is 5.10 Å². The lowest BCUT2D eigenvalue weighted by molar-refractivity contribution is 0.0581. The number of hydrogen-bond donors (Lipinski definition) is 0. The van der Waals surface area contributed by atoms with Gasteiger partial charge in [0.15, 0.2) is 0 Å². The topological polar surface area (TPSA) is 50.6 Å². The van der Waals surface area contributed by atoms with E-state index in [1.807, 2.05) is 11.9 Å². The lowest BCUT2D eigenvalue weighted by Gasteiger charge is -2.39. The van der Waals surface area contributed by atoms with E-state index in [2.05, 4.69) is 17.0 Å². The highest BCUT2D eigenvalue weighted by Gasteiger charge is 2.44. The van der Waals surface area contributed by atoms with Crippen molar-refractivity contribution in [1.29, 1.82) is 0 Å². The molecule has 0 aliphatic carbocycles.